The summed E-state index contributed by atoms with van der Waals surface area (Å²) in [4.78, 5) is 20.9. The van der Waals surface area contributed by atoms with E-state index in [2.05, 4.69) is 0 Å². The van der Waals surface area contributed by atoms with E-state index in [1.54, 1.807) is 0 Å². The summed E-state index contributed by atoms with van der Waals surface area (Å²) in [6.07, 6.45) is 0. The molecule has 0 aliphatic heterocycles. The molecule has 5 heteroatoms. The van der Waals surface area contributed by atoms with Crippen molar-refractivity contribution < 1.29 is 22.7 Å². The zero-order valence-corrected chi connectivity index (χ0v) is 11.2. The first-order valence-corrected chi connectivity index (χ1v) is 3.18. The van der Waals surface area contributed by atoms with Crippen LogP contribution in [0, 0.1) is 0 Å². The monoisotopic (exact) mass is 306 g/mol. The molecule has 0 fully saturated rings. The Hall–Kier alpha value is -0.269. The van der Waals surface area contributed by atoms with Crippen molar-refractivity contribution in [2.45, 2.75) is 0 Å². The summed E-state index contributed by atoms with van der Waals surface area (Å²) in [5, 5.41) is 17.1. The van der Waals surface area contributed by atoms with Crippen molar-refractivity contribution in [3.05, 3.63) is 35.4 Å². The average Bonchev–Trinajstić information content (AvgIpc) is 2.04. The van der Waals surface area contributed by atoms with Gasteiger partial charge in [-0.15, -0.1) is 0 Å². The van der Waals surface area contributed by atoms with Crippen molar-refractivity contribution in [2.24, 2.45) is 0 Å². The first kappa shape index (κ1) is 12.7. The maximum Gasteiger partial charge on any atom is 2.00 e. The van der Waals surface area contributed by atoms with Gasteiger partial charge in [-0.05, 0) is 12.1 Å². The van der Waals surface area contributed by atoms with Gasteiger partial charge in [-0.25, -0.2) is 9.59 Å². The maximum absolute atomic E-state index is 10.5. The van der Waals surface area contributed by atoms with Crippen molar-refractivity contribution in [1.29, 1.82) is 0 Å². The van der Waals surface area contributed by atoms with E-state index in [0.717, 1.165) is 0 Å². The predicted octanol–water partition coefficient (Wildman–Crippen LogP) is 0.927. The molecule has 0 atom stereocenters. The standard InChI is InChI=1S/C8H6O4.Ba.2H/c9-7(10)5-3-1-2-4-6(5)8(11)12;;;/h1-4H,(H,9,10)(H,11,12);;;/q;+2;2*-1. The smallest absolute Gasteiger partial charge is 1.00 e. The fraction of sp³-hybridized carbons (Fsp3) is 0. The van der Waals surface area contributed by atoms with Crippen molar-refractivity contribution in [2.75, 3.05) is 0 Å². The summed E-state index contributed by atoms with van der Waals surface area (Å²) in [6.45, 7) is 0. The zero-order chi connectivity index (χ0) is 9.14. The van der Waals surface area contributed by atoms with Gasteiger partial charge in [0.1, 0.15) is 0 Å². The third-order valence-corrected chi connectivity index (χ3v) is 1.39. The minimum atomic E-state index is -1.23. The van der Waals surface area contributed by atoms with Gasteiger partial charge in [0.2, 0.25) is 0 Å². The van der Waals surface area contributed by atoms with Crippen LogP contribution in [0.2, 0.25) is 0 Å². The van der Waals surface area contributed by atoms with E-state index in [4.69, 9.17) is 10.2 Å². The van der Waals surface area contributed by atoms with Crippen molar-refractivity contribution in [3.8, 4) is 0 Å². The van der Waals surface area contributed by atoms with E-state index in [1.165, 1.54) is 24.3 Å². The third kappa shape index (κ3) is 3.17. The fourth-order valence-corrected chi connectivity index (χ4v) is 0.856. The van der Waals surface area contributed by atoms with Gasteiger partial charge in [-0.2, -0.15) is 0 Å². The minimum Gasteiger partial charge on any atom is -1.00 e. The summed E-state index contributed by atoms with van der Waals surface area (Å²) < 4.78 is 0. The molecule has 0 radical (unpaired) electrons. The first-order valence-electron chi connectivity index (χ1n) is 3.18. The molecule has 4 nitrogen and oxygen atoms in total. The Bertz CT molecular complexity index is 310. The molecule has 1 rings (SSSR count). The largest absolute Gasteiger partial charge is 2.00 e. The third-order valence-electron chi connectivity index (χ3n) is 1.39. The summed E-state index contributed by atoms with van der Waals surface area (Å²) >= 11 is 0. The summed E-state index contributed by atoms with van der Waals surface area (Å²) in [5.41, 5.74) is -0.380. The summed E-state index contributed by atoms with van der Waals surface area (Å²) in [7, 11) is 0. The van der Waals surface area contributed by atoms with Gasteiger partial charge in [0.05, 0.1) is 11.1 Å². The van der Waals surface area contributed by atoms with E-state index in [0.29, 0.717) is 0 Å². The van der Waals surface area contributed by atoms with Crippen molar-refractivity contribution >= 4 is 60.8 Å². The van der Waals surface area contributed by atoms with Crippen LogP contribution in [-0.4, -0.2) is 71.0 Å². The number of carbonyl (C=O) groups is 2. The van der Waals surface area contributed by atoms with E-state index in [-0.39, 0.29) is 62.9 Å². The van der Waals surface area contributed by atoms with Crippen LogP contribution in [0.1, 0.15) is 23.6 Å². The van der Waals surface area contributed by atoms with Gasteiger partial charge < -0.3 is 13.1 Å². The number of aromatic carboxylic acids is 2. The number of benzene rings is 1. The molecule has 0 aliphatic rings. The summed E-state index contributed by atoms with van der Waals surface area (Å²) in [6, 6.07) is 5.48. The molecule has 0 spiro atoms. The second-order valence-corrected chi connectivity index (χ2v) is 2.16. The number of hydrogen-bond donors (Lipinski definition) is 2. The first-order chi connectivity index (χ1) is 5.63. The van der Waals surface area contributed by atoms with Crippen LogP contribution in [-0.2, 0) is 0 Å². The van der Waals surface area contributed by atoms with Crippen LogP contribution in [0.4, 0.5) is 0 Å². The molecule has 0 bridgehead atoms. The molecule has 13 heavy (non-hydrogen) atoms. The molecule has 2 N–H and O–H groups in total. The molecule has 1 aromatic rings. The quantitative estimate of drug-likeness (QED) is 0.797. The second-order valence-electron chi connectivity index (χ2n) is 2.16. The fourth-order valence-electron chi connectivity index (χ4n) is 0.856. The molecule has 0 heterocycles. The molecular formula is C8H8BaO4. The Labute approximate surface area is 118 Å². The van der Waals surface area contributed by atoms with Crippen molar-refractivity contribution in [1.82, 2.24) is 0 Å². The van der Waals surface area contributed by atoms with Crippen LogP contribution < -0.4 is 0 Å². The van der Waals surface area contributed by atoms with Gasteiger partial charge in [-0.1, -0.05) is 12.1 Å². The molecule has 0 aromatic heterocycles. The van der Waals surface area contributed by atoms with E-state index < -0.39 is 11.9 Å². The molecular weight excluding hydrogens is 297 g/mol. The Kier molecular flexibility index (Phi) is 5.35. The second kappa shape index (κ2) is 5.46. The maximum atomic E-state index is 10.5. The van der Waals surface area contributed by atoms with Gasteiger partial charge in [0, 0.05) is 0 Å². The molecule has 0 amide bonds. The number of hydrogen-bond acceptors (Lipinski definition) is 2. The van der Waals surface area contributed by atoms with E-state index in [1.807, 2.05) is 0 Å². The van der Waals surface area contributed by atoms with Crippen molar-refractivity contribution in [3.63, 3.8) is 0 Å². The number of carboxylic acid groups (broad SMARTS) is 2. The predicted molar refractivity (Wildman–Crippen MR) is 48.3 cm³/mol. The van der Waals surface area contributed by atoms with Crippen LogP contribution in [0.5, 0.6) is 0 Å². The number of rotatable bonds is 2. The van der Waals surface area contributed by atoms with Crippen LogP contribution >= 0.6 is 0 Å². The Morgan fingerprint density at radius 3 is 1.54 bits per heavy atom. The van der Waals surface area contributed by atoms with Crippen LogP contribution in [0.15, 0.2) is 24.3 Å². The zero-order valence-electron chi connectivity index (χ0n) is 8.73. The van der Waals surface area contributed by atoms with E-state index >= 15 is 0 Å². The number of carboxylic acids is 2. The average molecular weight is 305 g/mol. The Morgan fingerprint density at radius 1 is 1.00 bits per heavy atom. The topological polar surface area (TPSA) is 74.6 Å². The molecule has 1 aromatic carbocycles. The van der Waals surface area contributed by atoms with Gasteiger partial charge >= 0.3 is 60.8 Å². The minimum absolute atomic E-state index is 0. The molecule has 0 saturated heterocycles. The molecule has 0 unspecified atom stereocenters. The van der Waals surface area contributed by atoms with Gasteiger partial charge in [0.15, 0.2) is 0 Å². The van der Waals surface area contributed by atoms with Gasteiger partial charge in [-0.3, -0.25) is 0 Å². The van der Waals surface area contributed by atoms with Crippen LogP contribution in [0.3, 0.4) is 0 Å². The van der Waals surface area contributed by atoms with Crippen LogP contribution in [0.25, 0.3) is 0 Å². The SMILES string of the molecule is O=C(O)c1ccccc1C(=O)O.[Ba+2].[H-].[H-]. The molecule has 66 valence electrons. The van der Waals surface area contributed by atoms with Gasteiger partial charge in [0.25, 0.3) is 0 Å². The molecule has 0 aliphatic carbocycles. The summed E-state index contributed by atoms with van der Waals surface area (Å²) in [5.74, 6) is -2.46. The Morgan fingerprint density at radius 2 is 1.31 bits per heavy atom. The normalized spacial score (nSPS) is 8.62. The van der Waals surface area contributed by atoms with E-state index in [9.17, 15) is 9.59 Å². The Balaban J connectivity index is -0.000000480. The molecule has 0 saturated carbocycles.